The second-order valence-corrected chi connectivity index (χ2v) is 3.59. The SMILES string of the molecule is CCC(=O)C1CCc2nc[nH]c2C1. The number of hydrogen-bond donors (Lipinski definition) is 1. The van der Waals surface area contributed by atoms with Gasteiger partial charge < -0.3 is 4.98 Å². The molecule has 13 heavy (non-hydrogen) atoms. The molecule has 70 valence electrons. The zero-order valence-corrected chi connectivity index (χ0v) is 7.84. The summed E-state index contributed by atoms with van der Waals surface area (Å²) in [6.07, 6.45) is 5.18. The molecule has 2 rings (SSSR count). The van der Waals surface area contributed by atoms with E-state index in [0.717, 1.165) is 30.7 Å². The molecule has 3 nitrogen and oxygen atoms in total. The smallest absolute Gasteiger partial charge is 0.136 e. The van der Waals surface area contributed by atoms with Gasteiger partial charge in [-0.15, -0.1) is 0 Å². The zero-order valence-electron chi connectivity index (χ0n) is 7.84. The Morgan fingerprint density at radius 3 is 3.38 bits per heavy atom. The number of H-pyrrole nitrogens is 1. The van der Waals surface area contributed by atoms with Gasteiger partial charge in [0, 0.05) is 18.0 Å². The van der Waals surface area contributed by atoms with Crippen LogP contribution < -0.4 is 0 Å². The van der Waals surface area contributed by atoms with Gasteiger partial charge in [0.15, 0.2) is 0 Å². The number of nitrogens with zero attached hydrogens (tertiary/aromatic N) is 1. The topological polar surface area (TPSA) is 45.8 Å². The van der Waals surface area contributed by atoms with Crippen LogP contribution >= 0.6 is 0 Å². The lowest BCUT2D eigenvalue weighted by Crippen LogP contribution is -2.22. The third-order valence-corrected chi connectivity index (χ3v) is 2.79. The number of imidazole rings is 1. The number of ketones is 1. The third kappa shape index (κ3) is 1.50. The maximum absolute atomic E-state index is 11.5. The number of hydrogen-bond acceptors (Lipinski definition) is 2. The van der Waals surface area contributed by atoms with Crippen LogP contribution in [0.3, 0.4) is 0 Å². The van der Waals surface area contributed by atoms with Gasteiger partial charge in [-0.05, 0) is 19.3 Å². The van der Waals surface area contributed by atoms with Crippen molar-refractivity contribution < 1.29 is 4.79 Å². The summed E-state index contributed by atoms with van der Waals surface area (Å²) in [6, 6.07) is 0. The summed E-state index contributed by atoms with van der Waals surface area (Å²) in [4.78, 5) is 18.8. The van der Waals surface area contributed by atoms with Crippen molar-refractivity contribution in [2.75, 3.05) is 0 Å². The number of carbonyl (C=O) groups is 1. The van der Waals surface area contributed by atoms with Crippen molar-refractivity contribution in [2.24, 2.45) is 5.92 Å². The summed E-state index contributed by atoms with van der Waals surface area (Å²) in [5.74, 6) is 0.623. The van der Waals surface area contributed by atoms with E-state index >= 15 is 0 Å². The molecule has 0 saturated heterocycles. The number of Topliss-reactive ketones (excluding diaryl/α,β-unsaturated/α-hetero) is 1. The Morgan fingerprint density at radius 2 is 2.62 bits per heavy atom. The average molecular weight is 178 g/mol. The van der Waals surface area contributed by atoms with Crippen molar-refractivity contribution in [3.05, 3.63) is 17.7 Å². The summed E-state index contributed by atoms with van der Waals surface area (Å²) in [5.41, 5.74) is 2.32. The highest BCUT2D eigenvalue weighted by molar-refractivity contribution is 5.81. The normalized spacial score (nSPS) is 21.2. The lowest BCUT2D eigenvalue weighted by Gasteiger charge is -2.19. The average Bonchev–Trinajstić information content (AvgIpc) is 2.63. The highest BCUT2D eigenvalue weighted by atomic mass is 16.1. The van der Waals surface area contributed by atoms with Crippen molar-refractivity contribution in [3.8, 4) is 0 Å². The molecule has 1 aromatic heterocycles. The number of aromatic amines is 1. The molecule has 0 fully saturated rings. The van der Waals surface area contributed by atoms with Crippen molar-refractivity contribution in [1.82, 2.24) is 9.97 Å². The molecule has 1 aromatic rings. The molecule has 0 amide bonds. The van der Waals surface area contributed by atoms with E-state index in [0.29, 0.717) is 12.2 Å². The molecule has 0 spiro atoms. The standard InChI is InChI=1S/C10H14N2O/c1-2-10(13)7-3-4-8-9(5-7)12-6-11-8/h6-7H,2-5H2,1H3,(H,11,12). The number of aryl methyl sites for hydroxylation is 1. The van der Waals surface area contributed by atoms with Gasteiger partial charge in [-0.2, -0.15) is 0 Å². The third-order valence-electron chi connectivity index (χ3n) is 2.79. The van der Waals surface area contributed by atoms with Crippen LogP contribution in [0.25, 0.3) is 0 Å². The molecule has 0 aromatic carbocycles. The maximum Gasteiger partial charge on any atom is 0.136 e. The number of carbonyl (C=O) groups excluding carboxylic acids is 1. The van der Waals surface area contributed by atoms with E-state index in [9.17, 15) is 4.79 Å². The largest absolute Gasteiger partial charge is 0.348 e. The molecule has 0 bridgehead atoms. The summed E-state index contributed by atoms with van der Waals surface area (Å²) in [6.45, 7) is 1.94. The van der Waals surface area contributed by atoms with Gasteiger partial charge in [-0.1, -0.05) is 6.92 Å². The molecular weight excluding hydrogens is 164 g/mol. The van der Waals surface area contributed by atoms with Gasteiger partial charge >= 0.3 is 0 Å². The second-order valence-electron chi connectivity index (χ2n) is 3.59. The molecular formula is C10H14N2O. The molecule has 1 atom stereocenters. The van der Waals surface area contributed by atoms with E-state index in [1.807, 2.05) is 6.92 Å². The molecule has 1 heterocycles. The van der Waals surface area contributed by atoms with E-state index < -0.39 is 0 Å². The first-order valence-corrected chi connectivity index (χ1v) is 4.85. The predicted molar refractivity (Wildman–Crippen MR) is 49.4 cm³/mol. The van der Waals surface area contributed by atoms with Crippen LogP contribution in [-0.4, -0.2) is 15.8 Å². The first kappa shape index (κ1) is 8.48. The maximum atomic E-state index is 11.5. The summed E-state index contributed by atoms with van der Waals surface area (Å²) in [7, 11) is 0. The van der Waals surface area contributed by atoms with Crippen molar-refractivity contribution in [1.29, 1.82) is 0 Å². The Bertz CT molecular complexity index is 316. The Labute approximate surface area is 77.6 Å². The highest BCUT2D eigenvalue weighted by Crippen LogP contribution is 2.23. The van der Waals surface area contributed by atoms with Crippen LogP contribution in [-0.2, 0) is 17.6 Å². The highest BCUT2D eigenvalue weighted by Gasteiger charge is 2.24. The quantitative estimate of drug-likeness (QED) is 0.745. The minimum absolute atomic E-state index is 0.234. The fourth-order valence-corrected chi connectivity index (χ4v) is 1.96. The minimum atomic E-state index is 0.234. The fourth-order valence-electron chi connectivity index (χ4n) is 1.96. The number of nitrogens with one attached hydrogen (secondary N) is 1. The lowest BCUT2D eigenvalue weighted by atomic mass is 9.86. The Morgan fingerprint density at radius 1 is 1.77 bits per heavy atom. The molecule has 1 aliphatic carbocycles. The van der Waals surface area contributed by atoms with Gasteiger partial charge in [0.05, 0.1) is 12.0 Å². The Hall–Kier alpha value is -1.12. The van der Waals surface area contributed by atoms with Gasteiger partial charge in [-0.3, -0.25) is 4.79 Å². The minimum Gasteiger partial charge on any atom is -0.348 e. The zero-order chi connectivity index (χ0) is 9.26. The molecule has 0 radical (unpaired) electrons. The van der Waals surface area contributed by atoms with Crippen LogP contribution in [0, 0.1) is 5.92 Å². The molecule has 1 unspecified atom stereocenters. The van der Waals surface area contributed by atoms with E-state index in [2.05, 4.69) is 9.97 Å². The van der Waals surface area contributed by atoms with Crippen molar-refractivity contribution in [3.63, 3.8) is 0 Å². The Kier molecular flexibility index (Phi) is 2.17. The molecule has 1 aliphatic rings. The monoisotopic (exact) mass is 178 g/mol. The van der Waals surface area contributed by atoms with Crippen LogP contribution in [0.2, 0.25) is 0 Å². The van der Waals surface area contributed by atoms with Gasteiger partial charge in [0.1, 0.15) is 5.78 Å². The van der Waals surface area contributed by atoms with E-state index in [4.69, 9.17) is 0 Å². The van der Waals surface area contributed by atoms with Crippen molar-refractivity contribution in [2.45, 2.75) is 32.6 Å². The molecule has 1 N–H and O–H groups in total. The summed E-state index contributed by atoms with van der Waals surface area (Å²) < 4.78 is 0. The predicted octanol–water partition coefficient (Wildman–Crippen LogP) is 1.49. The first-order valence-electron chi connectivity index (χ1n) is 4.85. The van der Waals surface area contributed by atoms with E-state index in [1.54, 1.807) is 6.33 Å². The van der Waals surface area contributed by atoms with E-state index in [1.165, 1.54) is 0 Å². The first-order chi connectivity index (χ1) is 6.31. The van der Waals surface area contributed by atoms with Crippen LogP contribution in [0.5, 0.6) is 0 Å². The molecule has 0 saturated carbocycles. The number of rotatable bonds is 2. The van der Waals surface area contributed by atoms with Crippen LogP contribution in [0.4, 0.5) is 0 Å². The van der Waals surface area contributed by atoms with Crippen molar-refractivity contribution >= 4 is 5.78 Å². The van der Waals surface area contributed by atoms with Gasteiger partial charge in [-0.25, -0.2) is 4.98 Å². The second kappa shape index (κ2) is 3.32. The number of fused-ring (bicyclic) bond motifs is 1. The van der Waals surface area contributed by atoms with Gasteiger partial charge in [0.2, 0.25) is 0 Å². The lowest BCUT2D eigenvalue weighted by molar-refractivity contribution is -0.122. The van der Waals surface area contributed by atoms with Gasteiger partial charge in [0.25, 0.3) is 0 Å². The summed E-state index contributed by atoms with van der Waals surface area (Å²) >= 11 is 0. The van der Waals surface area contributed by atoms with E-state index in [-0.39, 0.29) is 5.92 Å². The number of aromatic nitrogens is 2. The van der Waals surface area contributed by atoms with Crippen LogP contribution in [0.1, 0.15) is 31.2 Å². The fraction of sp³-hybridized carbons (Fsp3) is 0.600. The molecule has 0 aliphatic heterocycles. The van der Waals surface area contributed by atoms with Crippen LogP contribution in [0.15, 0.2) is 6.33 Å². The summed E-state index contributed by atoms with van der Waals surface area (Å²) in [5, 5.41) is 0. The molecule has 3 heteroatoms. The Balaban J connectivity index is 2.13.